The highest BCUT2D eigenvalue weighted by atomic mass is 27.3. The zero-order valence-electron chi connectivity index (χ0n) is 37.3. The van der Waals surface area contributed by atoms with Crippen LogP contribution in [0.2, 0.25) is 0 Å². The van der Waals surface area contributed by atoms with E-state index in [0.717, 1.165) is 61.2 Å². The van der Waals surface area contributed by atoms with Gasteiger partial charge in [0.25, 0.3) is 0 Å². The lowest BCUT2D eigenvalue weighted by Gasteiger charge is -2.19. The molecule has 11 rings (SSSR count). The highest BCUT2D eigenvalue weighted by Crippen LogP contribution is 2.33. The third-order valence-electron chi connectivity index (χ3n) is 11.4. The van der Waals surface area contributed by atoms with Crippen molar-refractivity contribution < 1.29 is 11.4 Å². The minimum Gasteiger partial charge on any atom is -0.576 e. The van der Waals surface area contributed by atoms with Crippen molar-refractivity contribution in [1.29, 1.82) is 0 Å². The summed E-state index contributed by atoms with van der Waals surface area (Å²) in [6, 6.07) is 67.1. The molecule has 67 heavy (non-hydrogen) atoms. The molecule has 4 heterocycles. The first-order valence-corrected chi connectivity index (χ1v) is 23.6. The van der Waals surface area contributed by atoms with Crippen molar-refractivity contribution >= 4 is 47.9 Å². The van der Waals surface area contributed by atoms with Gasteiger partial charge in [-0.15, -0.1) is 10.2 Å². The summed E-state index contributed by atoms with van der Waals surface area (Å²) in [6.07, 6.45) is 5.24. The molecule has 0 amide bonds. The predicted octanol–water partition coefficient (Wildman–Crippen LogP) is 13.4. The second-order valence-electron chi connectivity index (χ2n) is 16.9. The SMILES string of the molecule is CC(C)(C)c1ccc(-c2nnc(-c3ccc(-c4ccccc4)cc3)n2-c2ccccc2)cc1.c1cnc2c([O][Al]([O]c3cccc4cccnc34)[O]c3cccc4cccnc34)cccc2c1. The molecule has 4 aromatic heterocycles. The van der Waals surface area contributed by atoms with Gasteiger partial charge in [0, 0.05) is 51.6 Å². The van der Waals surface area contributed by atoms with E-state index < -0.39 is 15.1 Å². The summed E-state index contributed by atoms with van der Waals surface area (Å²) < 4.78 is 21.4. The largest absolute Gasteiger partial charge is 1.20 e. The Morgan fingerprint density at radius 3 is 1.18 bits per heavy atom. The van der Waals surface area contributed by atoms with E-state index in [4.69, 9.17) is 11.4 Å². The van der Waals surface area contributed by atoms with Crippen LogP contribution in [-0.2, 0) is 5.41 Å². The first kappa shape index (κ1) is 42.8. The fourth-order valence-corrected chi connectivity index (χ4v) is 9.28. The third-order valence-corrected chi connectivity index (χ3v) is 12.7. The molecule has 0 N–H and O–H groups in total. The average Bonchev–Trinajstić information content (AvgIpc) is 3.83. The molecule has 9 nitrogen and oxygen atoms in total. The van der Waals surface area contributed by atoms with E-state index in [0.29, 0.717) is 17.2 Å². The van der Waals surface area contributed by atoms with Crippen LogP contribution in [-0.4, -0.2) is 44.9 Å². The Hall–Kier alpha value is -8.16. The molecular weight excluding hydrogens is 844 g/mol. The maximum Gasteiger partial charge on any atom is 1.20 e. The van der Waals surface area contributed by atoms with Crippen LogP contribution in [0.5, 0.6) is 17.2 Å². The number of hydrogen-bond acceptors (Lipinski definition) is 8. The quantitative estimate of drug-likeness (QED) is 0.125. The molecule has 0 aliphatic heterocycles. The topological polar surface area (TPSA) is 97.1 Å². The van der Waals surface area contributed by atoms with Crippen LogP contribution in [0.3, 0.4) is 0 Å². The molecule has 324 valence electrons. The number of rotatable bonds is 10. The number of pyridine rings is 3. The van der Waals surface area contributed by atoms with Crippen LogP contribution in [0.1, 0.15) is 26.3 Å². The Morgan fingerprint density at radius 2 is 0.746 bits per heavy atom. The highest BCUT2D eigenvalue weighted by molar-refractivity contribution is 6.40. The van der Waals surface area contributed by atoms with Gasteiger partial charge in [-0.1, -0.05) is 172 Å². The fraction of sp³-hybridized carbons (Fsp3) is 0.0702. The molecular formula is C57H45AlN6O3. The molecule has 0 fully saturated rings. The fourth-order valence-electron chi connectivity index (χ4n) is 7.94. The van der Waals surface area contributed by atoms with Gasteiger partial charge in [-0.3, -0.25) is 19.5 Å². The van der Waals surface area contributed by atoms with Gasteiger partial charge in [0.2, 0.25) is 0 Å². The summed E-state index contributed by atoms with van der Waals surface area (Å²) in [5.41, 5.74) is 9.17. The monoisotopic (exact) mass is 888 g/mol. The summed E-state index contributed by atoms with van der Waals surface area (Å²) in [7, 11) is 0. The van der Waals surface area contributed by atoms with E-state index in [2.05, 4.69) is 135 Å². The summed E-state index contributed by atoms with van der Waals surface area (Å²) in [4.78, 5) is 13.5. The van der Waals surface area contributed by atoms with Gasteiger partial charge in [0.05, 0.1) is 0 Å². The first-order valence-electron chi connectivity index (χ1n) is 22.1. The lowest BCUT2D eigenvalue weighted by molar-refractivity contribution is 0.311. The minimum absolute atomic E-state index is 0.108. The maximum atomic E-state index is 6.41. The smallest absolute Gasteiger partial charge is 0.576 e. The van der Waals surface area contributed by atoms with Crippen molar-refractivity contribution in [2.45, 2.75) is 26.2 Å². The van der Waals surface area contributed by atoms with Crippen LogP contribution >= 0.6 is 0 Å². The van der Waals surface area contributed by atoms with Crippen molar-refractivity contribution in [2.75, 3.05) is 0 Å². The van der Waals surface area contributed by atoms with Crippen molar-refractivity contribution in [3.63, 3.8) is 0 Å². The molecule has 0 saturated carbocycles. The molecule has 0 atom stereocenters. The molecule has 0 bridgehead atoms. The van der Waals surface area contributed by atoms with Crippen LogP contribution in [0.15, 0.2) is 219 Å². The molecule has 0 radical (unpaired) electrons. The first-order chi connectivity index (χ1) is 32.9. The average molecular weight is 889 g/mol. The minimum atomic E-state index is -2.86. The number of para-hydroxylation sites is 4. The zero-order chi connectivity index (χ0) is 45.6. The number of nitrogens with zero attached hydrogens (tertiary/aromatic N) is 6. The second kappa shape index (κ2) is 19.1. The number of fused-ring (bicyclic) bond motifs is 3. The van der Waals surface area contributed by atoms with Gasteiger partial charge in [-0.25, -0.2) is 0 Å². The molecule has 7 aromatic carbocycles. The van der Waals surface area contributed by atoms with E-state index in [1.54, 1.807) is 18.6 Å². The molecule has 0 unspecified atom stereocenters. The van der Waals surface area contributed by atoms with Crippen molar-refractivity contribution in [3.8, 4) is 56.8 Å². The predicted molar refractivity (Wildman–Crippen MR) is 269 cm³/mol. The van der Waals surface area contributed by atoms with E-state index >= 15 is 0 Å². The van der Waals surface area contributed by atoms with Crippen LogP contribution in [0.25, 0.3) is 72.3 Å². The van der Waals surface area contributed by atoms with Gasteiger partial charge < -0.3 is 11.4 Å². The summed E-state index contributed by atoms with van der Waals surface area (Å²) in [6.45, 7) is 6.68. The lowest BCUT2D eigenvalue weighted by atomic mass is 9.86. The Bertz CT molecular complexity index is 3220. The second-order valence-corrected chi connectivity index (χ2v) is 18.2. The standard InChI is InChI=1S/C30H27N3.3C9H7NO.Al/c1-30(2,3)26-20-18-25(19-21-26)29-32-31-28(33(29)27-12-8-5-9-13-27)24-16-14-23(15-17-24)22-10-6-4-7-11-22;3*11-8-5-1-3-7-4-2-6-10-9(7)8;/h4-21H,1-3H3;3*1-6,11H;/q;;;;+3/p-3. The molecule has 0 saturated heterocycles. The van der Waals surface area contributed by atoms with E-state index in [-0.39, 0.29) is 5.41 Å². The third kappa shape index (κ3) is 9.49. The van der Waals surface area contributed by atoms with Crippen LogP contribution < -0.4 is 11.4 Å². The molecule has 0 aliphatic carbocycles. The molecule has 0 aliphatic rings. The van der Waals surface area contributed by atoms with Gasteiger partial charge in [0.15, 0.2) is 11.6 Å². The van der Waals surface area contributed by atoms with Gasteiger partial charge in [-0.05, 0) is 70.6 Å². The Balaban J connectivity index is 0.000000157. The van der Waals surface area contributed by atoms with E-state index in [9.17, 15) is 0 Å². The van der Waals surface area contributed by atoms with Crippen molar-refractivity contribution in [2.24, 2.45) is 0 Å². The van der Waals surface area contributed by atoms with Gasteiger partial charge in [-0.2, -0.15) is 0 Å². The normalized spacial score (nSPS) is 11.2. The van der Waals surface area contributed by atoms with Gasteiger partial charge in [0.1, 0.15) is 33.8 Å². The number of aromatic nitrogens is 6. The summed E-state index contributed by atoms with van der Waals surface area (Å²) >= 11 is -2.86. The number of benzene rings is 7. The summed E-state index contributed by atoms with van der Waals surface area (Å²) in [5, 5.41) is 12.2. The van der Waals surface area contributed by atoms with Crippen LogP contribution in [0, 0.1) is 0 Å². The zero-order valence-corrected chi connectivity index (χ0v) is 38.4. The van der Waals surface area contributed by atoms with Crippen molar-refractivity contribution in [3.05, 3.63) is 224 Å². The Morgan fingerprint density at radius 1 is 0.373 bits per heavy atom. The Labute approximate surface area is 394 Å². The Kier molecular flexibility index (Phi) is 12.2. The van der Waals surface area contributed by atoms with Crippen LogP contribution in [0.4, 0.5) is 0 Å². The number of hydrogen-bond donors (Lipinski definition) is 0. The summed E-state index contributed by atoms with van der Waals surface area (Å²) in [5.74, 6) is 3.49. The lowest BCUT2D eigenvalue weighted by Crippen LogP contribution is -2.37. The maximum absolute atomic E-state index is 6.41. The highest BCUT2D eigenvalue weighted by Gasteiger charge is 2.46. The van der Waals surface area contributed by atoms with Crippen molar-refractivity contribution in [1.82, 2.24) is 29.7 Å². The molecule has 11 aromatic rings. The van der Waals surface area contributed by atoms with E-state index in [1.165, 1.54) is 16.7 Å². The van der Waals surface area contributed by atoms with E-state index in [1.807, 2.05) is 115 Å². The molecule has 10 heteroatoms. The molecule has 0 spiro atoms. The van der Waals surface area contributed by atoms with Gasteiger partial charge >= 0.3 is 15.1 Å².